The van der Waals surface area contributed by atoms with Crippen molar-refractivity contribution in [2.24, 2.45) is 0 Å². The van der Waals surface area contributed by atoms with Crippen LogP contribution in [0.5, 0.6) is 5.75 Å². The van der Waals surface area contributed by atoms with Gasteiger partial charge in [0, 0.05) is 0 Å². The molecule has 0 aliphatic heterocycles. The minimum Gasteiger partial charge on any atom is -0.506 e. The molecule has 2 unspecified atom stereocenters. The molecule has 80 valence electrons. The summed E-state index contributed by atoms with van der Waals surface area (Å²) in [6.45, 7) is 0. The van der Waals surface area contributed by atoms with Gasteiger partial charge in [-0.3, -0.25) is 0 Å². The van der Waals surface area contributed by atoms with E-state index in [1.54, 1.807) is 6.07 Å². The second kappa shape index (κ2) is 4.64. The molecule has 5 N–H and O–H groups in total. The fourth-order valence-corrected chi connectivity index (χ4v) is 1.18. The van der Waals surface area contributed by atoms with Crippen LogP contribution in [-0.4, -0.2) is 21.4 Å². The zero-order valence-corrected chi connectivity index (χ0v) is 7.96. The predicted molar refractivity (Wildman–Crippen MR) is 53.7 cm³/mol. The number of phenolic OH excluding ortho intramolecular Hbond substituents is 1. The van der Waals surface area contributed by atoms with Crippen LogP contribution in [0.25, 0.3) is 0 Å². The Labute approximate surface area is 87.0 Å². The first-order valence-corrected chi connectivity index (χ1v) is 4.37. The molecule has 0 radical (unpaired) electrons. The van der Waals surface area contributed by atoms with Crippen LogP contribution >= 0.6 is 0 Å². The molecular formula is C10H12N2O3. The Balaban J connectivity index is 2.87. The molecule has 0 heterocycles. The van der Waals surface area contributed by atoms with E-state index in [1.165, 1.54) is 18.2 Å². The zero-order chi connectivity index (χ0) is 11.4. The van der Waals surface area contributed by atoms with Crippen molar-refractivity contribution in [1.29, 1.82) is 5.26 Å². The molecule has 1 aromatic rings. The predicted octanol–water partition coefficient (Wildman–Crippen LogP) is 0.282. The standard InChI is InChI=1S/C10H12N2O3/c11-4-3-9(14)10(15)6-1-2-8(13)7(12)5-6/h1-2,5,9-10,13-15H,3,12H2. The Morgan fingerprint density at radius 1 is 1.40 bits per heavy atom. The monoisotopic (exact) mass is 208 g/mol. The van der Waals surface area contributed by atoms with Crippen LogP contribution in [0.2, 0.25) is 0 Å². The Morgan fingerprint density at radius 2 is 2.07 bits per heavy atom. The summed E-state index contributed by atoms with van der Waals surface area (Å²) in [5.74, 6) is -0.0827. The zero-order valence-electron chi connectivity index (χ0n) is 7.96. The van der Waals surface area contributed by atoms with Crippen molar-refractivity contribution >= 4 is 5.69 Å². The largest absolute Gasteiger partial charge is 0.506 e. The van der Waals surface area contributed by atoms with E-state index >= 15 is 0 Å². The lowest BCUT2D eigenvalue weighted by Crippen LogP contribution is -2.17. The Morgan fingerprint density at radius 3 is 2.60 bits per heavy atom. The van der Waals surface area contributed by atoms with Gasteiger partial charge in [-0.25, -0.2) is 0 Å². The summed E-state index contributed by atoms with van der Waals surface area (Å²) in [6.07, 6.45) is -2.49. The molecule has 1 rings (SSSR count). The summed E-state index contributed by atoms with van der Waals surface area (Å²) in [6, 6.07) is 5.88. The quantitative estimate of drug-likeness (QED) is 0.421. The molecule has 5 heteroatoms. The van der Waals surface area contributed by atoms with E-state index in [0.717, 1.165) is 0 Å². The highest BCUT2D eigenvalue weighted by atomic mass is 16.3. The third-order valence-corrected chi connectivity index (χ3v) is 2.06. The number of phenols is 1. The van der Waals surface area contributed by atoms with Gasteiger partial charge in [0.1, 0.15) is 11.9 Å². The van der Waals surface area contributed by atoms with Crippen LogP contribution in [0.15, 0.2) is 18.2 Å². The second-order valence-electron chi connectivity index (χ2n) is 3.19. The summed E-state index contributed by atoms with van der Waals surface area (Å²) in [5.41, 5.74) is 5.91. The number of nitrogen functional groups attached to an aromatic ring is 1. The molecule has 0 aromatic heterocycles. The van der Waals surface area contributed by atoms with Gasteiger partial charge in [0.05, 0.1) is 24.3 Å². The van der Waals surface area contributed by atoms with E-state index < -0.39 is 12.2 Å². The summed E-state index contributed by atoms with van der Waals surface area (Å²) < 4.78 is 0. The fourth-order valence-electron chi connectivity index (χ4n) is 1.18. The van der Waals surface area contributed by atoms with Crippen molar-refractivity contribution < 1.29 is 15.3 Å². The number of hydrogen-bond acceptors (Lipinski definition) is 5. The average Bonchev–Trinajstić information content (AvgIpc) is 2.21. The number of nitrogens with two attached hydrogens (primary N) is 1. The van der Waals surface area contributed by atoms with E-state index in [9.17, 15) is 10.2 Å². The lowest BCUT2D eigenvalue weighted by Gasteiger charge is -2.16. The number of aliphatic hydroxyl groups excluding tert-OH is 2. The number of nitrogens with zero attached hydrogens (tertiary/aromatic N) is 1. The van der Waals surface area contributed by atoms with E-state index in [0.29, 0.717) is 5.56 Å². The maximum absolute atomic E-state index is 9.60. The molecule has 0 fully saturated rings. The molecule has 2 atom stereocenters. The van der Waals surface area contributed by atoms with Gasteiger partial charge < -0.3 is 21.1 Å². The van der Waals surface area contributed by atoms with Gasteiger partial charge in [-0.1, -0.05) is 6.07 Å². The van der Waals surface area contributed by atoms with Gasteiger partial charge in [0.25, 0.3) is 0 Å². The van der Waals surface area contributed by atoms with Crippen LogP contribution in [0.4, 0.5) is 5.69 Å². The van der Waals surface area contributed by atoms with Crippen LogP contribution in [0.3, 0.4) is 0 Å². The smallest absolute Gasteiger partial charge is 0.138 e. The van der Waals surface area contributed by atoms with Crippen LogP contribution in [-0.2, 0) is 0 Å². The second-order valence-corrected chi connectivity index (χ2v) is 3.19. The molecule has 0 aliphatic carbocycles. The third kappa shape index (κ3) is 2.59. The summed E-state index contributed by atoms with van der Waals surface area (Å²) in [7, 11) is 0. The molecule has 5 nitrogen and oxygen atoms in total. The van der Waals surface area contributed by atoms with Crippen LogP contribution in [0, 0.1) is 11.3 Å². The van der Waals surface area contributed by atoms with Gasteiger partial charge in [-0.15, -0.1) is 0 Å². The first-order chi connectivity index (χ1) is 7.06. The van der Waals surface area contributed by atoms with Gasteiger partial charge in [0.2, 0.25) is 0 Å². The maximum Gasteiger partial charge on any atom is 0.138 e. The Bertz CT molecular complexity index is 387. The molecule has 0 saturated heterocycles. The maximum atomic E-state index is 9.60. The molecule has 1 aromatic carbocycles. The number of nitriles is 1. The van der Waals surface area contributed by atoms with Crippen molar-refractivity contribution in [3.63, 3.8) is 0 Å². The number of rotatable bonds is 3. The molecule has 0 amide bonds. The van der Waals surface area contributed by atoms with E-state index in [-0.39, 0.29) is 17.9 Å². The highest BCUT2D eigenvalue weighted by Gasteiger charge is 2.18. The lowest BCUT2D eigenvalue weighted by atomic mass is 10.0. The molecule has 15 heavy (non-hydrogen) atoms. The van der Waals surface area contributed by atoms with Crippen LogP contribution in [0.1, 0.15) is 18.1 Å². The van der Waals surface area contributed by atoms with Gasteiger partial charge >= 0.3 is 0 Å². The average molecular weight is 208 g/mol. The lowest BCUT2D eigenvalue weighted by molar-refractivity contribution is 0.0216. The van der Waals surface area contributed by atoms with E-state index in [1.807, 2.05) is 0 Å². The van der Waals surface area contributed by atoms with Gasteiger partial charge in [-0.05, 0) is 17.7 Å². The number of hydrogen-bond donors (Lipinski definition) is 4. The topological polar surface area (TPSA) is 110 Å². The number of aliphatic hydroxyl groups is 2. The summed E-state index contributed by atoms with van der Waals surface area (Å²) in [4.78, 5) is 0. The summed E-state index contributed by atoms with van der Waals surface area (Å²) in [5, 5.41) is 36.4. The SMILES string of the molecule is N#CCC(O)C(O)c1ccc(O)c(N)c1. The Kier molecular flexibility index (Phi) is 3.50. The van der Waals surface area contributed by atoms with Crippen molar-refractivity contribution in [2.45, 2.75) is 18.6 Å². The molecule has 0 aliphatic rings. The van der Waals surface area contributed by atoms with E-state index in [4.69, 9.17) is 16.1 Å². The fraction of sp³-hybridized carbons (Fsp3) is 0.300. The minimum atomic E-state index is -1.17. The van der Waals surface area contributed by atoms with Crippen molar-refractivity contribution in [2.75, 3.05) is 5.73 Å². The highest BCUT2D eigenvalue weighted by Crippen LogP contribution is 2.26. The highest BCUT2D eigenvalue weighted by molar-refractivity contribution is 5.53. The first-order valence-electron chi connectivity index (χ1n) is 4.37. The number of benzene rings is 1. The van der Waals surface area contributed by atoms with Crippen molar-refractivity contribution in [3.8, 4) is 11.8 Å². The molecule has 0 bridgehead atoms. The van der Waals surface area contributed by atoms with Crippen molar-refractivity contribution in [3.05, 3.63) is 23.8 Å². The molecular weight excluding hydrogens is 196 g/mol. The third-order valence-electron chi connectivity index (χ3n) is 2.06. The summed E-state index contributed by atoms with van der Waals surface area (Å²) >= 11 is 0. The Hall–Kier alpha value is -1.77. The van der Waals surface area contributed by atoms with Crippen LogP contribution < -0.4 is 5.73 Å². The van der Waals surface area contributed by atoms with Gasteiger partial charge in [-0.2, -0.15) is 5.26 Å². The first kappa shape index (κ1) is 11.3. The van der Waals surface area contributed by atoms with Crippen molar-refractivity contribution in [1.82, 2.24) is 0 Å². The van der Waals surface area contributed by atoms with E-state index in [2.05, 4.69) is 0 Å². The minimum absolute atomic E-state index is 0.0827. The molecule has 0 saturated carbocycles. The normalized spacial score (nSPS) is 14.2. The number of anilines is 1. The molecule has 0 spiro atoms. The van der Waals surface area contributed by atoms with Gasteiger partial charge in [0.15, 0.2) is 0 Å². The number of aromatic hydroxyl groups is 1.